The van der Waals surface area contributed by atoms with Crippen molar-refractivity contribution in [3.05, 3.63) is 84.9 Å². The molecule has 3 aliphatic rings. The van der Waals surface area contributed by atoms with E-state index < -0.39 is 24.6 Å². The maximum Gasteiger partial charge on any atom is 0.258 e. The molecule has 1 amide bonds. The zero-order valence-electron chi connectivity index (χ0n) is 27.2. The van der Waals surface area contributed by atoms with Gasteiger partial charge in [0.25, 0.3) is 8.32 Å². The molecule has 5 atom stereocenters. The molecule has 0 aromatic heterocycles. The quantitative estimate of drug-likeness (QED) is 0.256. The second kappa shape index (κ2) is 11.9. The summed E-state index contributed by atoms with van der Waals surface area (Å²) >= 11 is 1.77. The van der Waals surface area contributed by atoms with Gasteiger partial charge in [0.1, 0.15) is 11.5 Å². The minimum atomic E-state index is -3.29. The average molecular weight is 645 g/mol. The summed E-state index contributed by atoms with van der Waals surface area (Å²) in [6.07, 6.45) is 3.56. The van der Waals surface area contributed by atoms with Crippen LogP contribution < -0.4 is 25.7 Å². The van der Waals surface area contributed by atoms with Crippen LogP contribution in [-0.4, -0.2) is 54.3 Å². The summed E-state index contributed by atoms with van der Waals surface area (Å²) in [7, 11) is -1.62. The molecule has 2 aliphatic heterocycles. The van der Waals surface area contributed by atoms with Crippen LogP contribution in [0.25, 0.3) is 0 Å². The Morgan fingerprint density at radius 1 is 0.956 bits per heavy atom. The molecular formula is C37H48N2O4SSi. The second-order valence-electron chi connectivity index (χ2n) is 14.7. The van der Waals surface area contributed by atoms with Gasteiger partial charge < -0.3 is 25.3 Å². The van der Waals surface area contributed by atoms with Gasteiger partial charge in [0.2, 0.25) is 5.91 Å². The Labute approximate surface area is 273 Å². The molecule has 2 saturated heterocycles. The van der Waals surface area contributed by atoms with Crippen LogP contribution in [0.4, 0.5) is 0 Å². The summed E-state index contributed by atoms with van der Waals surface area (Å²) in [4.78, 5) is 27.8. The zero-order valence-corrected chi connectivity index (χ0v) is 29.0. The van der Waals surface area contributed by atoms with E-state index in [2.05, 4.69) is 74.7 Å². The lowest BCUT2D eigenvalue weighted by Crippen LogP contribution is -2.75. The highest BCUT2D eigenvalue weighted by molar-refractivity contribution is 8.00. The number of fused-ring (bicyclic) bond motifs is 1. The smallest absolute Gasteiger partial charge is 0.258 e. The molecule has 6 nitrogen and oxygen atoms in total. The molecule has 240 valence electrons. The Kier molecular flexibility index (Phi) is 8.53. The summed E-state index contributed by atoms with van der Waals surface area (Å²) in [5, 5.41) is 20.6. The van der Waals surface area contributed by atoms with Gasteiger partial charge in [0.15, 0.2) is 0 Å². The van der Waals surface area contributed by atoms with Gasteiger partial charge in [-0.1, -0.05) is 88.4 Å². The number of hydrogen-bond donors (Lipinski definition) is 4. The van der Waals surface area contributed by atoms with Gasteiger partial charge in [-0.25, -0.2) is 0 Å². The third-order valence-corrected chi connectivity index (χ3v) is 17.2. The first-order chi connectivity index (χ1) is 21.3. The second-order valence-corrected chi connectivity index (χ2v) is 20.0. The lowest BCUT2D eigenvalue weighted by Gasteiger charge is -2.62. The Hall–Kier alpha value is -2.62. The molecule has 4 N–H and O–H groups in total. The van der Waals surface area contributed by atoms with Crippen LogP contribution in [0.5, 0.6) is 5.75 Å². The highest BCUT2D eigenvalue weighted by Crippen LogP contribution is 2.61. The zero-order chi connectivity index (χ0) is 32.1. The normalized spacial score (nSPS) is 29.7. The van der Waals surface area contributed by atoms with Gasteiger partial charge in [-0.3, -0.25) is 4.79 Å². The molecule has 45 heavy (non-hydrogen) atoms. The van der Waals surface area contributed by atoms with Crippen molar-refractivity contribution < 1.29 is 19.4 Å². The summed E-state index contributed by atoms with van der Waals surface area (Å²) < 4.78 is 5.42. The number of piperidine rings is 1. The number of methoxy groups -OCH3 is 1. The largest absolute Gasteiger partial charge is 0.497 e. The predicted molar refractivity (Wildman–Crippen MR) is 184 cm³/mol. The summed E-state index contributed by atoms with van der Waals surface area (Å²) in [5.41, 5.74) is -2.30. The number of thioether (sulfide) groups is 1. The van der Waals surface area contributed by atoms with Crippen LogP contribution in [0.1, 0.15) is 59.8 Å². The van der Waals surface area contributed by atoms with E-state index in [4.69, 9.17) is 4.74 Å². The number of benzene rings is 3. The number of hydrogen-bond acceptors (Lipinski definition) is 6. The first-order valence-electron chi connectivity index (χ1n) is 16.3. The number of ether oxygens (including phenoxy) is 1. The highest BCUT2D eigenvalue weighted by Gasteiger charge is 2.65. The van der Waals surface area contributed by atoms with Crippen molar-refractivity contribution >= 4 is 36.4 Å². The monoisotopic (exact) mass is 644 g/mol. The van der Waals surface area contributed by atoms with E-state index >= 15 is 0 Å². The molecule has 6 rings (SSSR count). The fourth-order valence-corrected chi connectivity index (χ4v) is 14.2. The van der Waals surface area contributed by atoms with Crippen molar-refractivity contribution in [3.8, 4) is 5.75 Å². The number of carbonyl (C=O) groups excluding carboxylic acids is 1. The van der Waals surface area contributed by atoms with Crippen LogP contribution in [0, 0.1) is 17.3 Å². The highest BCUT2D eigenvalue weighted by atomic mass is 32.2. The van der Waals surface area contributed by atoms with E-state index in [1.807, 2.05) is 48.5 Å². The topological polar surface area (TPSA) is 90.8 Å². The molecule has 2 heterocycles. The number of nitrogens with one attached hydrogen (secondary N) is 2. The van der Waals surface area contributed by atoms with Crippen molar-refractivity contribution in [2.24, 2.45) is 17.3 Å². The first-order valence-corrected chi connectivity index (χ1v) is 19.1. The maximum atomic E-state index is 13.6. The Morgan fingerprint density at radius 3 is 2.09 bits per heavy atom. The van der Waals surface area contributed by atoms with Crippen molar-refractivity contribution in [1.82, 2.24) is 10.6 Å². The molecule has 3 aromatic carbocycles. The lowest BCUT2D eigenvalue weighted by atomic mass is 9.53. The van der Waals surface area contributed by atoms with Crippen molar-refractivity contribution in [2.45, 2.75) is 86.2 Å². The van der Waals surface area contributed by atoms with E-state index in [-0.39, 0.29) is 28.4 Å². The summed E-state index contributed by atoms with van der Waals surface area (Å²) in [6.45, 7) is 9.88. The molecule has 8 heteroatoms. The summed E-state index contributed by atoms with van der Waals surface area (Å²) in [5.74, 6) is 0.710. The maximum absolute atomic E-state index is 13.6. The van der Waals surface area contributed by atoms with Gasteiger partial charge in [-0.15, -0.1) is 11.8 Å². The standard InChI is InChI=1S/C37H48N2O4SSi/c1-34(2,45(42,28-13-8-6-9-14-28)29-15-10-7-11-16-29)23-30-31(44-27-19-17-26(43-5)18-20-27)24-37(41)32(35(30,3)4)25-36(33(40)39-37)21-12-22-38-36/h6-11,13-20,30-32,38,41-42H,12,21-25H2,1-5H3,(H,39,40)/t30-,31+,32-,36-,37+/m1/s1. The van der Waals surface area contributed by atoms with Crippen LogP contribution in [0.15, 0.2) is 89.8 Å². The lowest BCUT2D eigenvalue weighted by molar-refractivity contribution is -0.186. The fourth-order valence-electron chi connectivity index (χ4n) is 8.80. The van der Waals surface area contributed by atoms with Crippen LogP contribution in [0.3, 0.4) is 0 Å². The third kappa shape index (κ3) is 5.56. The van der Waals surface area contributed by atoms with Crippen LogP contribution in [-0.2, 0) is 4.79 Å². The molecule has 1 saturated carbocycles. The Bertz CT molecular complexity index is 1450. The Balaban J connectivity index is 1.43. The molecule has 0 unspecified atom stereocenters. The SMILES string of the molecule is COc1ccc(S[C@H]2C[C@@]3(O)NC(=O)[C@@]4(CCCN4)C[C@@H]3C(C)(C)[C@@H]2CC(C)(C)[Si](O)(c2ccccc2)c2ccccc2)cc1. The Morgan fingerprint density at radius 2 is 1.56 bits per heavy atom. The van der Waals surface area contributed by atoms with Crippen LogP contribution >= 0.6 is 11.8 Å². The number of rotatable bonds is 8. The van der Waals surface area contributed by atoms with Gasteiger partial charge in [-0.2, -0.15) is 0 Å². The van der Waals surface area contributed by atoms with E-state index in [0.29, 0.717) is 12.8 Å². The number of carbonyl (C=O) groups is 1. The van der Waals surface area contributed by atoms with E-state index in [1.54, 1.807) is 18.9 Å². The molecule has 0 radical (unpaired) electrons. The molecule has 0 bridgehead atoms. The number of aliphatic hydroxyl groups is 1. The number of amides is 1. The average Bonchev–Trinajstić information content (AvgIpc) is 3.51. The van der Waals surface area contributed by atoms with Gasteiger partial charge in [-0.05, 0) is 83.2 Å². The fraction of sp³-hybridized carbons (Fsp3) is 0.486. The molecule has 1 spiro atoms. The molecule has 1 aliphatic carbocycles. The van der Waals surface area contributed by atoms with Crippen molar-refractivity contribution in [2.75, 3.05) is 13.7 Å². The van der Waals surface area contributed by atoms with Crippen molar-refractivity contribution in [3.63, 3.8) is 0 Å². The minimum absolute atomic E-state index is 0.00963. The molecule has 3 aromatic rings. The van der Waals surface area contributed by atoms with Crippen LogP contribution in [0.2, 0.25) is 5.04 Å². The molecular weight excluding hydrogens is 597 g/mol. The molecule has 3 fully saturated rings. The van der Waals surface area contributed by atoms with E-state index in [9.17, 15) is 14.7 Å². The van der Waals surface area contributed by atoms with Crippen molar-refractivity contribution in [1.29, 1.82) is 0 Å². The van der Waals surface area contributed by atoms with E-state index in [0.717, 1.165) is 46.8 Å². The van der Waals surface area contributed by atoms with E-state index in [1.165, 1.54) is 0 Å². The minimum Gasteiger partial charge on any atom is -0.497 e. The predicted octanol–water partition coefficient (Wildman–Crippen LogP) is 5.07. The van der Waals surface area contributed by atoms with Gasteiger partial charge >= 0.3 is 0 Å². The third-order valence-electron chi connectivity index (χ3n) is 11.4. The first kappa shape index (κ1) is 32.3. The van der Waals surface area contributed by atoms with Gasteiger partial charge in [0, 0.05) is 22.5 Å². The van der Waals surface area contributed by atoms with Gasteiger partial charge in [0.05, 0.1) is 12.6 Å². The summed E-state index contributed by atoms with van der Waals surface area (Å²) in [6, 6.07) is 28.6.